The van der Waals surface area contributed by atoms with Gasteiger partial charge in [-0.3, -0.25) is 10.1 Å². The van der Waals surface area contributed by atoms with Crippen molar-refractivity contribution in [1.29, 1.82) is 0 Å². The second kappa shape index (κ2) is 6.91. The van der Waals surface area contributed by atoms with Gasteiger partial charge in [-0.15, -0.1) is 0 Å². The third-order valence-electron chi connectivity index (χ3n) is 3.36. The third-order valence-corrected chi connectivity index (χ3v) is 3.36. The summed E-state index contributed by atoms with van der Waals surface area (Å²) in [6.45, 7) is 0. The van der Waals surface area contributed by atoms with Crippen LogP contribution in [0.5, 0.6) is 11.5 Å². The maximum absolute atomic E-state index is 11.2. The highest BCUT2D eigenvalue weighted by molar-refractivity contribution is 5.55. The molecule has 2 aromatic carbocycles. The van der Waals surface area contributed by atoms with Crippen LogP contribution in [0.2, 0.25) is 0 Å². The summed E-state index contributed by atoms with van der Waals surface area (Å²) in [5.41, 5.74) is 0.895. The van der Waals surface area contributed by atoms with Crippen molar-refractivity contribution in [3.8, 4) is 11.5 Å². The van der Waals surface area contributed by atoms with Gasteiger partial charge in [0.1, 0.15) is 0 Å². The molecule has 22 heavy (non-hydrogen) atoms. The van der Waals surface area contributed by atoms with Crippen molar-refractivity contribution in [2.45, 2.75) is 12.5 Å². The maximum atomic E-state index is 11.2. The third kappa shape index (κ3) is 3.35. The first kappa shape index (κ1) is 15.8. The topological polar surface area (TPSA) is 81.8 Å². The second-order valence-electron chi connectivity index (χ2n) is 4.73. The Kier molecular flexibility index (Phi) is 4.95. The van der Waals surface area contributed by atoms with Crippen molar-refractivity contribution < 1.29 is 19.5 Å². The van der Waals surface area contributed by atoms with E-state index in [9.17, 15) is 15.2 Å². The summed E-state index contributed by atoms with van der Waals surface area (Å²) in [5.74, 6) is 0.597. The lowest BCUT2D eigenvalue weighted by Crippen LogP contribution is -2.07. The monoisotopic (exact) mass is 303 g/mol. The number of nitrogens with zero attached hydrogens (tertiary/aromatic N) is 1. The van der Waals surface area contributed by atoms with Crippen molar-refractivity contribution in [2.24, 2.45) is 0 Å². The predicted molar refractivity (Wildman–Crippen MR) is 81.3 cm³/mol. The Hall–Kier alpha value is -2.60. The van der Waals surface area contributed by atoms with E-state index in [2.05, 4.69) is 0 Å². The molecule has 0 aliphatic heterocycles. The first-order chi connectivity index (χ1) is 10.6. The summed E-state index contributed by atoms with van der Waals surface area (Å²) in [6, 6.07) is 12.0. The maximum Gasteiger partial charge on any atom is 0.279 e. The van der Waals surface area contributed by atoms with Crippen LogP contribution in [0.4, 0.5) is 5.69 Å². The van der Waals surface area contributed by atoms with Gasteiger partial charge in [-0.2, -0.15) is 0 Å². The first-order valence-corrected chi connectivity index (χ1v) is 6.69. The summed E-state index contributed by atoms with van der Waals surface area (Å²) in [5, 5.41) is 21.6. The van der Waals surface area contributed by atoms with Crippen molar-refractivity contribution in [1.82, 2.24) is 0 Å². The van der Waals surface area contributed by atoms with Gasteiger partial charge in [-0.1, -0.05) is 30.3 Å². The van der Waals surface area contributed by atoms with Gasteiger partial charge < -0.3 is 14.6 Å². The lowest BCUT2D eigenvalue weighted by Gasteiger charge is -2.15. The second-order valence-corrected chi connectivity index (χ2v) is 4.73. The van der Waals surface area contributed by atoms with Gasteiger partial charge in [0.15, 0.2) is 11.5 Å². The molecule has 0 bridgehead atoms. The van der Waals surface area contributed by atoms with Gasteiger partial charge in [0.05, 0.1) is 36.9 Å². The quantitative estimate of drug-likeness (QED) is 0.655. The molecule has 0 fully saturated rings. The number of hydrogen-bond acceptors (Lipinski definition) is 5. The van der Waals surface area contributed by atoms with Crippen molar-refractivity contribution in [3.63, 3.8) is 0 Å². The Bertz CT molecular complexity index is 657. The summed E-state index contributed by atoms with van der Waals surface area (Å²) >= 11 is 0. The SMILES string of the molecule is COc1cc([C@@H](O)Cc2ccccc2)c([N+](=O)[O-])cc1OC. The van der Waals surface area contributed by atoms with E-state index < -0.39 is 11.0 Å². The van der Waals surface area contributed by atoms with E-state index in [0.29, 0.717) is 5.75 Å². The van der Waals surface area contributed by atoms with Gasteiger partial charge in [-0.05, 0) is 11.6 Å². The zero-order chi connectivity index (χ0) is 16.1. The number of nitro groups is 1. The van der Waals surface area contributed by atoms with Crippen LogP contribution < -0.4 is 9.47 Å². The van der Waals surface area contributed by atoms with Gasteiger partial charge in [0.2, 0.25) is 0 Å². The van der Waals surface area contributed by atoms with Crippen LogP contribution in [0.15, 0.2) is 42.5 Å². The van der Waals surface area contributed by atoms with Gasteiger partial charge in [0, 0.05) is 6.42 Å². The van der Waals surface area contributed by atoms with Crippen LogP contribution in [0.1, 0.15) is 17.2 Å². The molecular formula is C16H17NO5. The summed E-state index contributed by atoms with van der Waals surface area (Å²) in [4.78, 5) is 10.7. The largest absolute Gasteiger partial charge is 0.493 e. The molecule has 0 saturated heterocycles. The molecule has 116 valence electrons. The van der Waals surface area contributed by atoms with Crippen LogP contribution in [0.25, 0.3) is 0 Å². The van der Waals surface area contributed by atoms with Crippen LogP contribution in [0, 0.1) is 10.1 Å². The molecule has 1 atom stereocenters. The Balaban J connectivity index is 2.41. The van der Waals surface area contributed by atoms with E-state index >= 15 is 0 Å². The van der Waals surface area contributed by atoms with Crippen LogP contribution >= 0.6 is 0 Å². The van der Waals surface area contributed by atoms with E-state index in [0.717, 1.165) is 5.56 Å². The van der Waals surface area contributed by atoms with Crippen molar-refractivity contribution in [2.75, 3.05) is 14.2 Å². The number of hydrogen-bond donors (Lipinski definition) is 1. The summed E-state index contributed by atoms with van der Waals surface area (Å²) in [6.07, 6.45) is -0.737. The first-order valence-electron chi connectivity index (χ1n) is 6.69. The molecule has 0 aliphatic rings. The van der Waals surface area contributed by atoms with Gasteiger partial charge in [0.25, 0.3) is 5.69 Å². The average molecular weight is 303 g/mol. The molecular weight excluding hydrogens is 286 g/mol. The number of benzene rings is 2. The lowest BCUT2D eigenvalue weighted by atomic mass is 9.99. The number of ether oxygens (including phenoxy) is 2. The smallest absolute Gasteiger partial charge is 0.279 e. The molecule has 2 rings (SSSR count). The molecule has 0 heterocycles. The highest BCUT2D eigenvalue weighted by Crippen LogP contribution is 2.38. The minimum atomic E-state index is -1.01. The zero-order valence-corrected chi connectivity index (χ0v) is 12.4. The molecule has 6 heteroatoms. The average Bonchev–Trinajstić information content (AvgIpc) is 2.54. The minimum Gasteiger partial charge on any atom is -0.493 e. The molecule has 0 saturated carbocycles. The van der Waals surface area contributed by atoms with Crippen molar-refractivity contribution >= 4 is 5.69 Å². The standard InChI is InChI=1S/C16H17NO5/c1-21-15-9-12(13(17(19)20)10-16(15)22-2)14(18)8-11-6-4-3-5-7-11/h3-7,9-10,14,18H,8H2,1-2H3/t14-/m0/s1. The van der Waals surface area contributed by atoms with Crippen LogP contribution in [-0.4, -0.2) is 24.2 Å². The Morgan fingerprint density at radius 3 is 2.27 bits per heavy atom. The van der Waals surface area contributed by atoms with E-state index in [1.54, 1.807) is 0 Å². The van der Waals surface area contributed by atoms with E-state index in [1.807, 2.05) is 30.3 Å². The minimum absolute atomic E-state index is 0.193. The molecule has 0 unspecified atom stereocenters. The normalized spacial score (nSPS) is 11.8. The van der Waals surface area contributed by atoms with Crippen LogP contribution in [0.3, 0.4) is 0 Å². The van der Waals surface area contributed by atoms with Crippen LogP contribution in [-0.2, 0) is 6.42 Å². The van der Waals surface area contributed by atoms with Crippen molar-refractivity contribution in [3.05, 3.63) is 63.7 Å². The number of methoxy groups -OCH3 is 2. The number of aliphatic hydroxyl groups excluding tert-OH is 1. The number of rotatable bonds is 6. The van der Waals surface area contributed by atoms with Gasteiger partial charge in [-0.25, -0.2) is 0 Å². The molecule has 2 aromatic rings. The molecule has 0 radical (unpaired) electrons. The highest BCUT2D eigenvalue weighted by atomic mass is 16.6. The predicted octanol–water partition coefficient (Wildman–Crippen LogP) is 2.89. The number of aliphatic hydroxyl groups is 1. The molecule has 0 spiro atoms. The molecule has 0 aliphatic carbocycles. The Morgan fingerprint density at radius 1 is 1.14 bits per heavy atom. The number of nitro benzene ring substituents is 1. The highest BCUT2D eigenvalue weighted by Gasteiger charge is 2.24. The lowest BCUT2D eigenvalue weighted by molar-refractivity contribution is -0.386. The van der Waals surface area contributed by atoms with E-state index in [1.165, 1.54) is 26.4 Å². The molecule has 0 amide bonds. The fraction of sp³-hybridized carbons (Fsp3) is 0.250. The van der Waals surface area contributed by atoms with Gasteiger partial charge >= 0.3 is 0 Å². The fourth-order valence-corrected chi connectivity index (χ4v) is 2.26. The molecule has 0 aromatic heterocycles. The molecule has 1 N–H and O–H groups in total. The molecule has 6 nitrogen and oxygen atoms in total. The van der Waals surface area contributed by atoms with E-state index in [-0.39, 0.29) is 23.4 Å². The fourth-order valence-electron chi connectivity index (χ4n) is 2.26. The Morgan fingerprint density at radius 2 is 1.73 bits per heavy atom. The summed E-state index contributed by atoms with van der Waals surface area (Å²) < 4.78 is 10.2. The zero-order valence-electron chi connectivity index (χ0n) is 12.4. The Labute approximate surface area is 128 Å². The summed E-state index contributed by atoms with van der Waals surface area (Å²) in [7, 11) is 2.85. The van der Waals surface area contributed by atoms with E-state index in [4.69, 9.17) is 9.47 Å².